The molecule has 1 amide bonds. The number of piperidine rings is 3. The van der Waals surface area contributed by atoms with Crippen LogP contribution in [0.25, 0.3) is 0 Å². The second-order valence-electron chi connectivity index (χ2n) is 9.27. The maximum Gasteiger partial charge on any atom is 0.414 e. The van der Waals surface area contributed by atoms with Gasteiger partial charge in [0.25, 0.3) is 0 Å². The summed E-state index contributed by atoms with van der Waals surface area (Å²) >= 11 is 0. The first-order chi connectivity index (χ1) is 17.2. The van der Waals surface area contributed by atoms with Crippen molar-refractivity contribution < 1.29 is 19.1 Å². The molecule has 3 fully saturated rings. The highest BCUT2D eigenvalue weighted by molar-refractivity contribution is 5.87. The predicted octanol–water partition coefficient (Wildman–Crippen LogP) is 5.32. The molecule has 3 heterocycles. The molecule has 2 bridgehead atoms. The Bertz CT molecular complexity index is 1120. The van der Waals surface area contributed by atoms with Gasteiger partial charge in [-0.1, -0.05) is 54.6 Å². The molecule has 3 saturated heterocycles. The van der Waals surface area contributed by atoms with E-state index >= 15 is 0 Å². The third-order valence-electron chi connectivity index (χ3n) is 6.92. The van der Waals surface area contributed by atoms with Gasteiger partial charge >= 0.3 is 6.09 Å². The summed E-state index contributed by atoms with van der Waals surface area (Å²) in [6.07, 6.45) is 2.70. The van der Waals surface area contributed by atoms with Crippen molar-refractivity contribution in [3.8, 4) is 5.75 Å². The molecule has 6 rings (SSSR count). The highest BCUT2D eigenvalue weighted by atomic mass is 16.6. The zero-order valence-electron chi connectivity index (χ0n) is 19.7. The van der Waals surface area contributed by atoms with E-state index in [2.05, 4.69) is 4.90 Å². The third-order valence-corrected chi connectivity index (χ3v) is 6.92. The topological polar surface area (TPSA) is 59.1 Å². The first-order valence-corrected chi connectivity index (χ1v) is 12.2. The molecule has 3 aliphatic heterocycles. The fraction of sp³-hybridized carbons (Fsp3) is 0.310. The van der Waals surface area contributed by atoms with Crippen LogP contribution in [0.15, 0.2) is 78.9 Å². The van der Waals surface area contributed by atoms with Crippen molar-refractivity contribution in [1.29, 1.82) is 0 Å². The molecule has 0 unspecified atom stereocenters. The van der Waals surface area contributed by atoms with Crippen LogP contribution in [0.3, 0.4) is 0 Å². The summed E-state index contributed by atoms with van der Waals surface area (Å²) in [5.74, 6) is 1.21. The SMILES string of the molecule is O=Cc1ccc(COc2ccc(CN(C(=O)O[C@H]3CN4CCC3CC4)c3ccccc3)cc2)cc1. The molecule has 0 aliphatic carbocycles. The van der Waals surface area contributed by atoms with Crippen LogP contribution in [-0.4, -0.2) is 43.0 Å². The van der Waals surface area contributed by atoms with Gasteiger partial charge in [-0.2, -0.15) is 0 Å². The largest absolute Gasteiger partial charge is 0.489 e. The maximum absolute atomic E-state index is 13.3. The van der Waals surface area contributed by atoms with Crippen LogP contribution < -0.4 is 9.64 Å². The fourth-order valence-corrected chi connectivity index (χ4v) is 4.84. The van der Waals surface area contributed by atoms with Gasteiger partial charge in [-0.15, -0.1) is 0 Å². The molecule has 6 nitrogen and oxygen atoms in total. The molecule has 0 aromatic heterocycles. The van der Waals surface area contributed by atoms with Gasteiger partial charge < -0.3 is 9.47 Å². The average molecular weight is 471 g/mol. The molecular weight excluding hydrogens is 440 g/mol. The number of fused-ring (bicyclic) bond motifs is 3. The smallest absolute Gasteiger partial charge is 0.414 e. The molecule has 6 heteroatoms. The molecule has 1 atom stereocenters. The van der Waals surface area contributed by atoms with Gasteiger partial charge in [-0.3, -0.25) is 14.6 Å². The number of para-hydroxylation sites is 1. The number of hydrogen-bond acceptors (Lipinski definition) is 5. The molecule has 35 heavy (non-hydrogen) atoms. The van der Waals surface area contributed by atoms with Gasteiger partial charge in [0.1, 0.15) is 24.7 Å². The van der Waals surface area contributed by atoms with E-state index in [1.165, 1.54) is 0 Å². The van der Waals surface area contributed by atoms with Crippen molar-refractivity contribution in [2.45, 2.75) is 32.1 Å². The molecule has 3 aliphatic rings. The number of carbonyl (C=O) groups excluding carboxylic acids is 2. The Kier molecular flexibility index (Phi) is 7.09. The number of hydrogen-bond donors (Lipinski definition) is 0. The number of ether oxygens (including phenoxy) is 2. The van der Waals surface area contributed by atoms with E-state index in [0.29, 0.717) is 24.6 Å². The lowest BCUT2D eigenvalue weighted by Gasteiger charge is -2.44. The summed E-state index contributed by atoms with van der Waals surface area (Å²) < 4.78 is 11.9. The molecule has 0 N–H and O–H groups in total. The van der Waals surface area contributed by atoms with Crippen molar-refractivity contribution >= 4 is 18.1 Å². The lowest BCUT2D eigenvalue weighted by Crippen LogP contribution is -2.53. The van der Waals surface area contributed by atoms with Crippen molar-refractivity contribution in [3.63, 3.8) is 0 Å². The quantitative estimate of drug-likeness (QED) is 0.417. The Morgan fingerprint density at radius 1 is 0.914 bits per heavy atom. The van der Waals surface area contributed by atoms with Crippen molar-refractivity contribution in [2.75, 3.05) is 24.5 Å². The van der Waals surface area contributed by atoms with Gasteiger partial charge in [-0.25, -0.2) is 4.79 Å². The number of nitrogens with zero attached hydrogens (tertiary/aromatic N) is 2. The summed E-state index contributed by atoms with van der Waals surface area (Å²) in [6, 6.07) is 24.8. The molecule has 3 aromatic carbocycles. The molecule has 0 radical (unpaired) electrons. The lowest BCUT2D eigenvalue weighted by atomic mass is 9.86. The summed E-state index contributed by atoms with van der Waals surface area (Å²) in [5, 5.41) is 0. The molecule has 0 saturated carbocycles. The number of anilines is 1. The van der Waals surface area contributed by atoms with Crippen LogP contribution >= 0.6 is 0 Å². The molecule has 0 spiro atoms. The lowest BCUT2D eigenvalue weighted by molar-refractivity contribution is -0.0311. The Morgan fingerprint density at radius 3 is 2.23 bits per heavy atom. The van der Waals surface area contributed by atoms with E-state index in [0.717, 1.165) is 61.3 Å². The molecule has 3 aromatic rings. The Labute approximate surface area is 206 Å². The normalized spacial score (nSPS) is 20.7. The summed E-state index contributed by atoms with van der Waals surface area (Å²) in [5.41, 5.74) is 3.44. The highest BCUT2D eigenvalue weighted by Gasteiger charge is 2.37. The van der Waals surface area contributed by atoms with E-state index in [-0.39, 0.29) is 12.2 Å². The van der Waals surface area contributed by atoms with Gasteiger partial charge in [-0.05, 0) is 67.2 Å². The highest BCUT2D eigenvalue weighted by Crippen LogP contribution is 2.31. The van der Waals surface area contributed by atoms with Gasteiger partial charge in [0.15, 0.2) is 0 Å². The van der Waals surface area contributed by atoms with Crippen LogP contribution in [0.1, 0.15) is 34.3 Å². The Morgan fingerprint density at radius 2 is 1.60 bits per heavy atom. The number of rotatable bonds is 8. The minimum absolute atomic E-state index is 0.0346. The zero-order valence-corrected chi connectivity index (χ0v) is 19.7. The average Bonchev–Trinajstić information content (AvgIpc) is 2.92. The van der Waals surface area contributed by atoms with Crippen molar-refractivity contribution in [2.24, 2.45) is 5.92 Å². The van der Waals surface area contributed by atoms with Gasteiger partial charge in [0.2, 0.25) is 0 Å². The third kappa shape index (κ3) is 5.72. The summed E-state index contributed by atoms with van der Waals surface area (Å²) in [6.45, 7) is 3.89. The Hall–Kier alpha value is -3.64. The van der Waals surface area contributed by atoms with Crippen molar-refractivity contribution in [3.05, 3.63) is 95.6 Å². The van der Waals surface area contributed by atoms with E-state index < -0.39 is 0 Å². The van der Waals surface area contributed by atoms with E-state index in [1.54, 1.807) is 17.0 Å². The zero-order chi connectivity index (χ0) is 24.0. The fourth-order valence-electron chi connectivity index (χ4n) is 4.84. The first-order valence-electron chi connectivity index (χ1n) is 12.2. The minimum Gasteiger partial charge on any atom is -0.489 e. The van der Waals surface area contributed by atoms with Crippen LogP contribution in [0.5, 0.6) is 5.75 Å². The Balaban J connectivity index is 1.24. The van der Waals surface area contributed by atoms with E-state index in [1.807, 2.05) is 66.7 Å². The second kappa shape index (κ2) is 10.7. The summed E-state index contributed by atoms with van der Waals surface area (Å²) in [7, 11) is 0. The molecular formula is C29H30N2O4. The van der Waals surface area contributed by atoms with Crippen LogP contribution in [0.4, 0.5) is 10.5 Å². The monoisotopic (exact) mass is 470 g/mol. The number of aldehydes is 1. The van der Waals surface area contributed by atoms with Gasteiger partial charge in [0, 0.05) is 17.8 Å². The van der Waals surface area contributed by atoms with E-state index in [4.69, 9.17) is 9.47 Å². The predicted molar refractivity (Wildman–Crippen MR) is 135 cm³/mol. The van der Waals surface area contributed by atoms with Crippen LogP contribution in [0, 0.1) is 5.92 Å². The molecule has 180 valence electrons. The van der Waals surface area contributed by atoms with E-state index in [9.17, 15) is 9.59 Å². The first kappa shape index (κ1) is 23.1. The maximum atomic E-state index is 13.3. The minimum atomic E-state index is -0.297. The van der Waals surface area contributed by atoms with Crippen LogP contribution in [0.2, 0.25) is 0 Å². The van der Waals surface area contributed by atoms with Gasteiger partial charge in [0.05, 0.1) is 6.54 Å². The van der Waals surface area contributed by atoms with Crippen LogP contribution in [-0.2, 0) is 17.9 Å². The number of benzene rings is 3. The van der Waals surface area contributed by atoms with Crippen molar-refractivity contribution in [1.82, 2.24) is 4.90 Å². The number of amides is 1. The second-order valence-corrected chi connectivity index (χ2v) is 9.27. The summed E-state index contributed by atoms with van der Waals surface area (Å²) in [4.78, 5) is 28.2. The number of carbonyl (C=O) groups is 2. The standard InChI is InChI=1S/C29H30N2O4/c32-20-23-6-8-24(9-7-23)21-34-27-12-10-22(11-13-27)18-31(26-4-2-1-3-5-26)29(33)35-28-19-30-16-14-25(28)15-17-30/h1-13,20,25,28H,14-19,21H2/t28-/m0/s1.